The molecular formula is C27H36N4O3. The topological polar surface area (TPSA) is 80.8 Å². The van der Waals surface area contributed by atoms with Gasteiger partial charge in [-0.2, -0.15) is 0 Å². The summed E-state index contributed by atoms with van der Waals surface area (Å²) in [6.45, 7) is 8.89. The lowest BCUT2D eigenvalue weighted by Gasteiger charge is -2.37. The number of rotatable bonds is 9. The van der Waals surface area contributed by atoms with E-state index in [0.29, 0.717) is 25.2 Å². The number of aromatic amines is 1. The molecule has 34 heavy (non-hydrogen) atoms. The molecule has 1 fully saturated rings. The molecule has 1 aromatic heterocycles. The molecule has 182 valence electrons. The number of para-hydroxylation sites is 1. The van der Waals surface area contributed by atoms with Crippen LogP contribution in [0.25, 0.3) is 10.9 Å². The number of β-amino-alcohol motifs (C(OH)–C–C–N with tert-alkyl or cyclic N) is 1. The number of ether oxygens (including phenoxy) is 1. The van der Waals surface area contributed by atoms with Gasteiger partial charge in [0.05, 0.1) is 18.9 Å². The lowest BCUT2D eigenvalue weighted by molar-refractivity contribution is 0.0899. The van der Waals surface area contributed by atoms with Gasteiger partial charge in [-0.1, -0.05) is 31.2 Å². The third kappa shape index (κ3) is 5.54. The Labute approximate surface area is 201 Å². The normalized spacial score (nSPS) is 15.5. The SMILES string of the molecule is CCc1cc(C)c(OC)c(N2CCN(C[C@H](O)CCNC(=O)c3cc4ccccc4[nH]3)CC2)c1. The fourth-order valence-electron chi connectivity index (χ4n) is 4.74. The Morgan fingerprint density at radius 3 is 2.65 bits per heavy atom. The van der Waals surface area contributed by atoms with Crippen molar-refractivity contribution >= 4 is 22.5 Å². The molecule has 0 aliphatic carbocycles. The van der Waals surface area contributed by atoms with E-state index in [-0.39, 0.29) is 5.91 Å². The van der Waals surface area contributed by atoms with Gasteiger partial charge in [0, 0.05) is 50.2 Å². The number of anilines is 1. The van der Waals surface area contributed by atoms with Gasteiger partial charge in [-0.25, -0.2) is 0 Å². The van der Waals surface area contributed by atoms with Crippen molar-refractivity contribution in [3.8, 4) is 5.75 Å². The number of nitrogens with one attached hydrogen (secondary N) is 2. The minimum Gasteiger partial charge on any atom is -0.494 e. The van der Waals surface area contributed by atoms with Crippen LogP contribution in [0.3, 0.4) is 0 Å². The fraction of sp³-hybridized carbons (Fsp3) is 0.444. The number of aryl methyl sites for hydroxylation is 2. The first-order chi connectivity index (χ1) is 16.5. The van der Waals surface area contributed by atoms with Crippen LogP contribution in [0.1, 0.15) is 35.0 Å². The summed E-state index contributed by atoms with van der Waals surface area (Å²) in [6.07, 6.45) is 1.05. The zero-order valence-electron chi connectivity index (χ0n) is 20.4. The number of amides is 1. The number of fused-ring (bicyclic) bond motifs is 1. The number of benzene rings is 2. The van der Waals surface area contributed by atoms with E-state index < -0.39 is 6.10 Å². The molecule has 1 aliphatic heterocycles. The summed E-state index contributed by atoms with van der Waals surface area (Å²) < 4.78 is 5.70. The largest absolute Gasteiger partial charge is 0.494 e. The number of carbonyl (C=O) groups is 1. The number of aromatic nitrogens is 1. The van der Waals surface area contributed by atoms with Crippen molar-refractivity contribution in [3.63, 3.8) is 0 Å². The van der Waals surface area contributed by atoms with E-state index in [1.807, 2.05) is 30.3 Å². The van der Waals surface area contributed by atoms with Crippen LogP contribution in [0, 0.1) is 6.92 Å². The molecule has 0 saturated carbocycles. The molecule has 7 nitrogen and oxygen atoms in total. The standard InChI is InChI=1S/C27H36N4O3/c1-4-20-15-19(2)26(34-3)25(16-20)31-13-11-30(12-14-31)18-22(32)9-10-28-27(33)24-17-21-7-5-6-8-23(21)29-24/h5-8,15-17,22,29,32H,4,9-14,18H2,1-3H3,(H,28,33)/t22-/m1/s1. The van der Waals surface area contributed by atoms with Crippen molar-refractivity contribution in [2.45, 2.75) is 32.8 Å². The molecule has 0 unspecified atom stereocenters. The number of piperazine rings is 1. The predicted octanol–water partition coefficient (Wildman–Crippen LogP) is 3.35. The van der Waals surface area contributed by atoms with E-state index in [4.69, 9.17) is 4.74 Å². The van der Waals surface area contributed by atoms with Gasteiger partial charge in [0.1, 0.15) is 11.4 Å². The van der Waals surface area contributed by atoms with Crippen LogP contribution in [0.2, 0.25) is 0 Å². The molecule has 1 aliphatic rings. The fourth-order valence-corrected chi connectivity index (χ4v) is 4.74. The number of nitrogens with zero attached hydrogens (tertiary/aromatic N) is 2. The maximum absolute atomic E-state index is 12.4. The van der Waals surface area contributed by atoms with Gasteiger partial charge in [-0.05, 0) is 49.1 Å². The maximum atomic E-state index is 12.4. The quantitative estimate of drug-likeness (QED) is 0.453. The van der Waals surface area contributed by atoms with E-state index in [2.05, 4.69) is 46.1 Å². The van der Waals surface area contributed by atoms with Gasteiger partial charge in [-0.3, -0.25) is 9.69 Å². The first-order valence-corrected chi connectivity index (χ1v) is 12.2. The van der Waals surface area contributed by atoms with E-state index >= 15 is 0 Å². The summed E-state index contributed by atoms with van der Waals surface area (Å²) >= 11 is 0. The second-order valence-electron chi connectivity index (χ2n) is 9.07. The highest BCUT2D eigenvalue weighted by Gasteiger charge is 2.22. The lowest BCUT2D eigenvalue weighted by Crippen LogP contribution is -2.49. The number of aliphatic hydroxyl groups excluding tert-OH is 1. The average Bonchev–Trinajstić information content (AvgIpc) is 3.28. The first-order valence-electron chi connectivity index (χ1n) is 12.2. The van der Waals surface area contributed by atoms with Gasteiger partial charge >= 0.3 is 0 Å². The summed E-state index contributed by atoms with van der Waals surface area (Å²) in [5.41, 5.74) is 5.15. The molecule has 3 aromatic rings. The Balaban J connectivity index is 1.23. The summed E-state index contributed by atoms with van der Waals surface area (Å²) in [7, 11) is 1.74. The molecule has 2 aromatic carbocycles. The second kappa shape index (κ2) is 10.9. The van der Waals surface area contributed by atoms with Crippen LogP contribution < -0.4 is 15.0 Å². The maximum Gasteiger partial charge on any atom is 0.267 e. The number of aliphatic hydroxyl groups is 1. The third-order valence-electron chi connectivity index (χ3n) is 6.65. The number of methoxy groups -OCH3 is 1. The minimum atomic E-state index is -0.477. The van der Waals surface area contributed by atoms with Crippen molar-refractivity contribution in [2.24, 2.45) is 0 Å². The Morgan fingerprint density at radius 2 is 1.94 bits per heavy atom. The van der Waals surface area contributed by atoms with Gasteiger partial charge in [0.2, 0.25) is 0 Å². The van der Waals surface area contributed by atoms with Gasteiger partial charge in [-0.15, -0.1) is 0 Å². The monoisotopic (exact) mass is 464 g/mol. The zero-order valence-corrected chi connectivity index (χ0v) is 20.4. The number of hydrogen-bond acceptors (Lipinski definition) is 5. The van der Waals surface area contributed by atoms with Crippen molar-refractivity contribution < 1.29 is 14.6 Å². The number of hydrogen-bond donors (Lipinski definition) is 3. The first kappa shape index (κ1) is 24.1. The predicted molar refractivity (Wildman–Crippen MR) is 137 cm³/mol. The van der Waals surface area contributed by atoms with Crippen LogP contribution in [0.5, 0.6) is 5.75 Å². The smallest absolute Gasteiger partial charge is 0.267 e. The van der Waals surface area contributed by atoms with Crippen LogP contribution >= 0.6 is 0 Å². The van der Waals surface area contributed by atoms with Crippen molar-refractivity contribution in [2.75, 3.05) is 51.3 Å². The Bertz CT molecular complexity index is 1090. The van der Waals surface area contributed by atoms with Crippen LogP contribution in [-0.4, -0.2) is 73.4 Å². The Morgan fingerprint density at radius 1 is 1.18 bits per heavy atom. The average molecular weight is 465 g/mol. The zero-order chi connectivity index (χ0) is 24.1. The van der Waals surface area contributed by atoms with Crippen molar-refractivity contribution in [1.29, 1.82) is 0 Å². The molecule has 2 heterocycles. The molecule has 0 bridgehead atoms. The van der Waals surface area contributed by atoms with Crippen LogP contribution in [0.4, 0.5) is 5.69 Å². The molecule has 1 amide bonds. The van der Waals surface area contributed by atoms with E-state index in [9.17, 15) is 9.90 Å². The van der Waals surface area contributed by atoms with Crippen LogP contribution in [0.15, 0.2) is 42.5 Å². The number of carbonyl (C=O) groups excluding carboxylic acids is 1. The molecule has 3 N–H and O–H groups in total. The highest BCUT2D eigenvalue weighted by Crippen LogP contribution is 2.34. The summed E-state index contributed by atoms with van der Waals surface area (Å²) in [6, 6.07) is 14.1. The lowest BCUT2D eigenvalue weighted by atomic mass is 10.1. The Kier molecular flexibility index (Phi) is 7.75. The third-order valence-corrected chi connectivity index (χ3v) is 6.65. The van der Waals surface area contributed by atoms with Gasteiger partial charge in [0.15, 0.2) is 0 Å². The van der Waals surface area contributed by atoms with E-state index in [0.717, 1.165) is 49.3 Å². The minimum absolute atomic E-state index is 0.143. The van der Waals surface area contributed by atoms with Gasteiger partial charge < -0.3 is 25.0 Å². The second-order valence-corrected chi connectivity index (χ2v) is 9.07. The van der Waals surface area contributed by atoms with Gasteiger partial charge in [0.25, 0.3) is 5.91 Å². The summed E-state index contributed by atoms with van der Waals surface area (Å²) in [5.74, 6) is 0.812. The van der Waals surface area contributed by atoms with E-state index in [1.54, 1.807) is 7.11 Å². The summed E-state index contributed by atoms with van der Waals surface area (Å²) in [5, 5.41) is 14.5. The summed E-state index contributed by atoms with van der Waals surface area (Å²) in [4.78, 5) is 20.2. The molecule has 1 atom stereocenters. The molecule has 0 radical (unpaired) electrons. The molecule has 1 saturated heterocycles. The molecule has 0 spiro atoms. The number of H-pyrrole nitrogens is 1. The van der Waals surface area contributed by atoms with Crippen LogP contribution in [-0.2, 0) is 6.42 Å². The molecular weight excluding hydrogens is 428 g/mol. The van der Waals surface area contributed by atoms with E-state index in [1.165, 1.54) is 16.8 Å². The Hall–Kier alpha value is -3.03. The molecule has 7 heteroatoms. The molecule has 4 rings (SSSR count). The van der Waals surface area contributed by atoms with Crippen molar-refractivity contribution in [1.82, 2.24) is 15.2 Å². The van der Waals surface area contributed by atoms with Crippen molar-refractivity contribution in [3.05, 3.63) is 59.3 Å². The highest BCUT2D eigenvalue weighted by molar-refractivity contribution is 5.97. The highest BCUT2D eigenvalue weighted by atomic mass is 16.5.